The number of aromatic nitrogens is 1. The van der Waals surface area contributed by atoms with Gasteiger partial charge in [0.1, 0.15) is 29.7 Å². The molecule has 0 unspecified atom stereocenters. The Labute approximate surface area is 174 Å². The van der Waals surface area contributed by atoms with Gasteiger partial charge in [-0.1, -0.05) is 12.1 Å². The van der Waals surface area contributed by atoms with Crippen molar-refractivity contribution >= 4 is 29.1 Å². The summed E-state index contributed by atoms with van der Waals surface area (Å²) in [7, 11) is 0. The molecular formula is C21H23ClFN3O3. The SMILES string of the molecule is CC(C)NC(=O)c1nc2c(cc1Cc1ccc(F)cc1)N(C(=O)CCl)[C@@H](C)CO2. The van der Waals surface area contributed by atoms with E-state index in [0.717, 1.165) is 5.56 Å². The lowest BCUT2D eigenvalue weighted by Crippen LogP contribution is -2.46. The van der Waals surface area contributed by atoms with Crippen LogP contribution in [0.15, 0.2) is 30.3 Å². The second-order valence-corrected chi connectivity index (χ2v) is 7.58. The number of amides is 2. The molecule has 1 aliphatic heterocycles. The standard InChI is InChI=1S/C21H23ClFN3O3/c1-12(2)24-20(28)19-15(8-14-4-6-16(23)7-5-14)9-17-21(25-19)29-11-13(3)26(17)18(27)10-22/h4-7,9,12-13H,8,10-11H2,1-3H3,(H,24,28)/t13-/m0/s1. The zero-order valence-electron chi connectivity index (χ0n) is 16.5. The van der Waals surface area contributed by atoms with Crippen molar-refractivity contribution in [2.45, 2.75) is 39.3 Å². The summed E-state index contributed by atoms with van der Waals surface area (Å²) >= 11 is 5.79. The number of fused-ring (bicyclic) bond motifs is 1. The van der Waals surface area contributed by atoms with Gasteiger partial charge in [0.25, 0.3) is 5.91 Å². The quantitative estimate of drug-likeness (QED) is 0.755. The minimum absolute atomic E-state index is 0.0748. The highest BCUT2D eigenvalue weighted by Gasteiger charge is 2.32. The van der Waals surface area contributed by atoms with Gasteiger partial charge in [-0.2, -0.15) is 0 Å². The summed E-state index contributed by atoms with van der Waals surface area (Å²) in [5.41, 5.74) is 2.12. The zero-order valence-corrected chi connectivity index (χ0v) is 17.3. The number of alkyl halides is 1. The molecule has 1 atom stereocenters. The Hall–Kier alpha value is -2.67. The highest BCUT2D eigenvalue weighted by atomic mass is 35.5. The first-order valence-corrected chi connectivity index (χ1v) is 9.93. The van der Waals surface area contributed by atoms with Gasteiger partial charge < -0.3 is 15.0 Å². The van der Waals surface area contributed by atoms with E-state index >= 15 is 0 Å². The third-order valence-corrected chi connectivity index (χ3v) is 4.76. The molecule has 1 aliphatic rings. The first-order valence-electron chi connectivity index (χ1n) is 9.40. The van der Waals surface area contributed by atoms with Crippen LogP contribution in [0.5, 0.6) is 5.88 Å². The summed E-state index contributed by atoms with van der Waals surface area (Å²) < 4.78 is 19.0. The van der Waals surface area contributed by atoms with E-state index in [-0.39, 0.29) is 53.8 Å². The second-order valence-electron chi connectivity index (χ2n) is 7.31. The smallest absolute Gasteiger partial charge is 0.270 e. The van der Waals surface area contributed by atoms with E-state index in [2.05, 4.69) is 10.3 Å². The molecule has 6 nitrogen and oxygen atoms in total. The summed E-state index contributed by atoms with van der Waals surface area (Å²) in [5, 5.41) is 2.84. The topological polar surface area (TPSA) is 71.5 Å². The molecule has 0 bridgehead atoms. The fourth-order valence-corrected chi connectivity index (χ4v) is 3.37. The molecule has 0 saturated carbocycles. The lowest BCUT2D eigenvalue weighted by atomic mass is 10.0. The van der Waals surface area contributed by atoms with Crippen LogP contribution in [0.25, 0.3) is 0 Å². The van der Waals surface area contributed by atoms with Crippen LogP contribution in [0.1, 0.15) is 42.4 Å². The van der Waals surface area contributed by atoms with Crippen molar-refractivity contribution in [3.63, 3.8) is 0 Å². The van der Waals surface area contributed by atoms with Gasteiger partial charge >= 0.3 is 0 Å². The van der Waals surface area contributed by atoms with Crippen LogP contribution < -0.4 is 15.0 Å². The Morgan fingerprint density at radius 1 is 1.34 bits per heavy atom. The fraction of sp³-hybridized carbons (Fsp3) is 0.381. The molecule has 29 heavy (non-hydrogen) atoms. The van der Waals surface area contributed by atoms with Gasteiger partial charge in [0.05, 0.1) is 6.04 Å². The van der Waals surface area contributed by atoms with E-state index in [4.69, 9.17) is 16.3 Å². The summed E-state index contributed by atoms with van der Waals surface area (Å²) in [6.07, 6.45) is 0.346. The second kappa shape index (κ2) is 8.78. The largest absolute Gasteiger partial charge is 0.474 e. The van der Waals surface area contributed by atoms with E-state index in [9.17, 15) is 14.0 Å². The number of pyridine rings is 1. The van der Waals surface area contributed by atoms with Gasteiger partial charge in [-0.3, -0.25) is 9.59 Å². The Morgan fingerprint density at radius 3 is 2.66 bits per heavy atom. The van der Waals surface area contributed by atoms with Crippen molar-refractivity contribution in [2.24, 2.45) is 0 Å². The molecule has 8 heteroatoms. The number of rotatable bonds is 5. The maximum atomic E-state index is 13.3. The number of nitrogens with zero attached hydrogens (tertiary/aromatic N) is 2. The Kier molecular flexibility index (Phi) is 6.37. The number of benzene rings is 1. The molecule has 0 aliphatic carbocycles. The van der Waals surface area contributed by atoms with Crippen molar-refractivity contribution in [1.29, 1.82) is 0 Å². The normalized spacial score (nSPS) is 15.7. The highest BCUT2D eigenvalue weighted by Crippen LogP contribution is 2.35. The monoisotopic (exact) mass is 419 g/mol. The summed E-state index contributed by atoms with van der Waals surface area (Å²) in [5.74, 6) is -0.892. The molecule has 154 valence electrons. The molecule has 2 aromatic rings. The maximum Gasteiger partial charge on any atom is 0.270 e. The minimum atomic E-state index is -0.337. The van der Waals surface area contributed by atoms with Crippen molar-refractivity contribution in [3.05, 3.63) is 53.0 Å². The number of nitrogens with one attached hydrogen (secondary N) is 1. The highest BCUT2D eigenvalue weighted by molar-refractivity contribution is 6.29. The van der Waals surface area contributed by atoms with Gasteiger partial charge in [-0.25, -0.2) is 9.37 Å². The third-order valence-electron chi connectivity index (χ3n) is 4.53. The number of ether oxygens (including phenoxy) is 1. The molecule has 0 fully saturated rings. The molecule has 3 rings (SSSR count). The van der Waals surface area contributed by atoms with Gasteiger partial charge in [0, 0.05) is 6.04 Å². The Morgan fingerprint density at radius 2 is 2.03 bits per heavy atom. The molecule has 2 heterocycles. The van der Waals surface area contributed by atoms with Gasteiger partial charge in [-0.15, -0.1) is 11.6 Å². The van der Waals surface area contributed by atoms with Crippen LogP contribution in [0.3, 0.4) is 0 Å². The fourth-order valence-electron chi connectivity index (χ4n) is 3.24. The average Bonchev–Trinajstić information content (AvgIpc) is 2.68. The Balaban J connectivity index is 2.09. The van der Waals surface area contributed by atoms with Crippen molar-refractivity contribution in [2.75, 3.05) is 17.4 Å². The van der Waals surface area contributed by atoms with Crippen LogP contribution >= 0.6 is 11.6 Å². The van der Waals surface area contributed by atoms with Crippen LogP contribution in [-0.4, -0.2) is 41.4 Å². The van der Waals surface area contributed by atoms with E-state index in [1.54, 1.807) is 23.1 Å². The van der Waals surface area contributed by atoms with Crippen molar-refractivity contribution in [1.82, 2.24) is 10.3 Å². The molecule has 0 radical (unpaired) electrons. The number of halogens is 2. The molecular weight excluding hydrogens is 397 g/mol. The van der Waals surface area contributed by atoms with E-state index in [0.29, 0.717) is 17.7 Å². The van der Waals surface area contributed by atoms with Crippen molar-refractivity contribution < 1.29 is 18.7 Å². The predicted molar refractivity (Wildman–Crippen MR) is 109 cm³/mol. The van der Waals surface area contributed by atoms with Crippen LogP contribution in [-0.2, 0) is 11.2 Å². The van der Waals surface area contributed by atoms with Gasteiger partial charge in [0.2, 0.25) is 11.8 Å². The predicted octanol–water partition coefficient (Wildman–Crippen LogP) is 3.30. The zero-order chi connectivity index (χ0) is 21.1. The van der Waals surface area contributed by atoms with E-state index < -0.39 is 0 Å². The van der Waals surface area contributed by atoms with E-state index in [1.165, 1.54) is 12.1 Å². The van der Waals surface area contributed by atoms with Crippen molar-refractivity contribution in [3.8, 4) is 5.88 Å². The number of carbonyl (C=O) groups is 2. The van der Waals surface area contributed by atoms with Gasteiger partial charge in [0.15, 0.2) is 0 Å². The van der Waals surface area contributed by atoms with Crippen LogP contribution in [0.4, 0.5) is 10.1 Å². The number of hydrogen-bond donors (Lipinski definition) is 1. The lowest BCUT2D eigenvalue weighted by Gasteiger charge is -2.34. The molecule has 0 spiro atoms. The average molecular weight is 420 g/mol. The number of carbonyl (C=O) groups excluding carboxylic acids is 2. The molecule has 1 N–H and O–H groups in total. The molecule has 1 aromatic carbocycles. The number of anilines is 1. The Bertz CT molecular complexity index is 918. The molecule has 2 amide bonds. The summed E-state index contributed by atoms with van der Waals surface area (Å²) in [6.45, 7) is 5.82. The first kappa shape index (κ1) is 21.0. The van der Waals surface area contributed by atoms with Crippen LogP contribution in [0.2, 0.25) is 0 Å². The third kappa shape index (κ3) is 4.67. The lowest BCUT2D eigenvalue weighted by molar-refractivity contribution is -0.117. The molecule has 0 saturated heterocycles. The molecule has 1 aromatic heterocycles. The van der Waals surface area contributed by atoms with Crippen LogP contribution in [0, 0.1) is 5.82 Å². The maximum absolute atomic E-state index is 13.3. The summed E-state index contributed by atoms with van der Waals surface area (Å²) in [4.78, 5) is 31.1. The summed E-state index contributed by atoms with van der Waals surface area (Å²) in [6, 6.07) is 7.48. The number of hydrogen-bond acceptors (Lipinski definition) is 4. The minimum Gasteiger partial charge on any atom is -0.474 e. The van der Waals surface area contributed by atoms with Gasteiger partial charge in [-0.05, 0) is 56.5 Å². The van der Waals surface area contributed by atoms with E-state index in [1.807, 2.05) is 20.8 Å². The first-order chi connectivity index (χ1) is 13.8.